The number of methoxy groups -OCH3 is 1. The lowest BCUT2D eigenvalue weighted by atomic mass is 10.1. The highest BCUT2D eigenvalue weighted by atomic mass is 79.9. The summed E-state index contributed by atoms with van der Waals surface area (Å²) in [6.07, 6.45) is 1.50. The van der Waals surface area contributed by atoms with Crippen LogP contribution in [0.5, 0.6) is 5.88 Å². The van der Waals surface area contributed by atoms with Gasteiger partial charge in [0, 0.05) is 10.5 Å². The van der Waals surface area contributed by atoms with Gasteiger partial charge in [-0.25, -0.2) is 9.97 Å². The van der Waals surface area contributed by atoms with Gasteiger partial charge in [-0.1, -0.05) is 28.1 Å². The summed E-state index contributed by atoms with van der Waals surface area (Å²) in [7, 11) is 1.61. The van der Waals surface area contributed by atoms with Crippen molar-refractivity contribution in [3.63, 3.8) is 0 Å². The maximum Gasteiger partial charge on any atom is 0.221 e. The Hall–Kier alpha value is -1.62. The van der Waals surface area contributed by atoms with E-state index in [0.29, 0.717) is 5.88 Å². The van der Waals surface area contributed by atoms with Crippen LogP contribution >= 0.6 is 15.9 Å². The molecule has 100 valence electrons. The predicted octanol–water partition coefficient (Wildman–Crippen LogP) is 3.73. The van der Waals surface area contributed by atoms with Crippen LogP contribution in [0.25, 0.3) is 0 Å². The molecule has 0 aliphatic carbocycles. The third-order valence-corrected chi connectivity index (χ3v) is 3.43. The number of hydrogen-bond donors (Lipinski definition) is 1. The first-order valence-corrected chi connectivity index (χ1v) is 6.78. The van der Waals surface area contributed by atoms with Crippen molar-refractivity contribution in [2.45, 2.75) is 19.9 Å². The molecule has 19 heavy (non-hydrogen) atoms. The summed E-state index contributed by atoms with van der Waals surface area (Å²) in [5.41, 5.74) is 2.10. The second kappa shape index (κ2) is 6.02. The molecule has 0 aliphatic rings. The number of nitrogens with zero attached hydrogens (tertiary/aromatic N) is 2. The molecular formula is C14H16BrN3O. The molecule has 2 aromatic rings. The number of hydrogen-bond acceptors (Lipinski definition) is 4. The van der Waals surface area contributed by atoms with E-state index in [9.17, 15) is 0 Å². The zero-order chi connectivity index (χ0) is 13.8. The molecule has 1 unspecified atom stereocenters. The van der Waals surface area contributed by atoms with Gasteiger partial charge >= 0.3 is 0 Å². The Kier molecular flexibility index (Phi) is 4.37. The van der Waals surface area contributed by atoms with Gasteiger partial charge in [0.1, 0.15) is 12.1 Å². The fourth-order valence-corrected chi connectivity index (χ4v) is 2.27. The largest absolute Gasteiger partial charge is 0.481 e. The first-order chi connectivity index (χ1) is 9.11. The van der Waals surface area contributed by atoms with Gasteiger partial charge in [-0.05, 0) is 31.5 Å². The number of anilines is 1. The summed E-state index contributed by atoms with van der Waals surface area (Å²) in [6, 6.07) is 8.35. The minimum Gasteiger partial charge on any atom is -0.481 e. The van der Waals surface area contributed by atoms with Crippen molar-refractivity contribution in [2.75, 3.05) is 12.4 Å². The highest BCUT2D eigenvalue weighted by molar-refractivity contribution is 9.10. The van der Waals surface area contributed by atoms with Crippen molar-refractivity contribution in [3.8, 4) is 5.88 Å². The van der Waals surface area contributed by atoms with Crippen LogP contribution in [-0.4, -0.2) is 17.1 Å². The van der Waals surface area contributed by atoms with E-state index in [1.807, 2.05) is 19.1 Å². The van der Waals surface area contributed by atoms with Crippen molar-refractivity contribution < 1.29 is 4.74 Å². The van der Waals surface area contributed by atoms with Gasteiger partial charge in [0.2, 0.25) is 5.88 Å². The molecule has 1 aromatic carbocycles. The lowest BCUT2D eigenvalue weighted by Gasteiger charge is -2.17. The number of halogens is 1. The Balaban J connectivity index is 2.21. The normalized spacial score (nSPS) is 12.0. The molecule has 0 saturated heterocycles. The second-order valence-electron chi connectivity index (χ2n) is 4.28. The van der Waals surface area contributed by atoms with Gasteiger partial charge in [0.25, 0.3) is 0 Å². The van der Waals surface area contributed by atoms with Gasteiger partial charge in [-0.3, -0.25) is 0 Å². The van der Waals surface area contributed by atoms with Crippen molar-refractivity contribution in [1.82, 2.24) is 9.97 Å². The Morgan fingerprint density at radius 3 is 2.79 bits per heavy atom. The quantitative estimate of drug-likeness (QED) is 0.932. The molecule has 1 heterocycles. The second-order valence-corrected chi connectivity index (χ2v) is 5.19. The van der Waals surface area contributed by atoms with Crippen LogP contribution < -0.4 is 10.1 Å². The van der Waals surface area contributed by atoms with E-state index in [-0.39, 0.29) is 6.04 Å². The van der Waals surface area contributed by atoms with Crippen LogP contribution in [0.3, 0.4) is 0 Å². The third kappa shape index (κ3) is 3.23. The van der Waals surface area contributed by atoms with Crippen LogP contribution in [0.15, 0.2) is 35.1 Å². The van der Waals surface area contributed by atoms with E-state index in [1.165, 1.54) is 11.9 Å². The number of rotatable bonds is 4. The standard InChI is InChI=1S/C14H16BrN3O/c1-9-13(16-8-17-14(9)19-3)18-10(2)11-5-4-6-12(15)7-11/h4-8,10H,1-3H3,(H,16,17,18). The molecule has 0 amide bonds. The molecule has 0 fully saturated rings. The first-order valence-electron chi connectivity index (χ1n) is 5.99. The highest BCUT2D eigenvalue weighted by Crippen LogP contribution is 2.25. The predicted molar refractivity (Wildman–Crippen MR) is 79.5 cm³/mol. The van der Waals surface area contributed by atoms with Crippen LogP contribution in [0, 0.1) is 6.92 Å². The number of benzene rings is 1. The number of aromatic nitrogens is 2. The topological polar surface area (TPSA) is 47.0 Å². The molecular weight excluding hydrogens is 306 g/mol. The van der Waals surface area contributed by atoms with E-state index in [4.69, 9.17) is 4.74 Å². The summed E-state index contributed by atoms with van der Waals surface area (Å²) in [4.78, 5) is 8.33. The van der Waals surface area contributed by atoms with Crippen molar-refractivity contribution in [3.05, 3.63) is 46.2 Å². The monoisotopic (exact) mass is 321 g/mol. The lowest BCUT2D eigenvalue weighted by molar-refractivity contribution is 0.393. The Bertz CT molecular complexity index is 574. The van der Waals surface area contributed by atoms with E-state index < -0.39 is 0 Å². The molecule has 0 bridgehead atoms. The average Bonchev–Trinajstić information content (AvgIpc) is 2.41. The van der Waals surface area contributed by atoms with Gasteiger partial charge < -0.3 is 10.1 Å². The summed E-state index contributed by atoms with van der Waals surface area (Å²) in [5.74, 6) is 1.39. The van der Waals surface area contributed by atoms with Gasteiger partial charge in [0.05, 0.1) is 12.7 Å². The Morgan fingerprint density at radius 2 is 2.11 bits per heavy atom. The van der Waals surface area contributed by atoms with Gasteiger partial charge in [-0.2, -0.15) is 0 Å². The zero-order valence-electron chi connectivity index (χ0n) is 11.1. The third-order valence-electron chi connectivity index (χ3n) is 2.93. The highest BCUT2D eigenvalue weighted by Gasteiger charge is 2.11. The lowest BCUT2D eigenvalue weighted by Crippen LogP contribution is -2.10. The molecule has 1 N–H and O–H groups in total. The molecule has 2 rings (SSSR count). The summed E-state index contributed by atoms with van der Waals surface area (Å²) in [6.45, 7) is 4.03. The maximum atomic E-state index is 5.19. The molecule has 0 aliphatic heterocycles. The fraction of sp³-hybridized carbons (Fsp3) is 0.286. The molecule has 5 heteroatoms. The van der Waals surface area contributed by atoms with E-state index in [2.05, 4.69) is 50.3 Å². The molecule has 0 radical (unpaired) electrons. The van der Waals surface area contributed by atoms with E-state index in [1.54, 1.807) is 7.11 Å². The zero-order valence-corrected chi connectivity index (χ0v) is 12.7. The molecule has 1 atom stereocenters. The minimum atomic E-state index is 0.149. The van der Waals surface area contributed by atoms with E-state index in [0.717, 1.165) is 15.9 Å². The maximum absolute atomic E-state index is 5.19. The van der Waals surface area contributed by atoms with Crippen LogP contribution in [0.2, 0.25) is 0 Å². The Labute approximate surface area is 121 Å². The SMILES string of the molecule is COc1ncnc(NC(C)c2cccc(Br)c2)c1C. The smallest absolute Gasteiger partial charge is 0.221 e. The van der Waals surface area contributed by atoms with E-state index >= 15 is 0 Å². The Morgan fingerprint density at radius 1 is 1.32 bits per heavy atom. The average molecular weight is 322 g/mol. The van der Waals surface area contributed by atoms with Crippen LogP contribution in [0.1, 0.15) is 24.1 Å². The first kappa shape index (κ1) is 13.8. The molecule has 0 spiro atoms. The summed E-state index contributed by atoms with van der Waals surface area (Å²) in [5, 5.41) is 3.38. The van der Waals surface area contributed by atoms with Gasteiger partial charge in [0.15, 0.2) is 0 Å². The van der Waals surface area contributed by atoms with Crippen molar-refractivity contribution >= 4 is 21.7 Å². The van der Waals surface area contributed by atoms with Crippen molar-refractivity contribution in [1.29, 1.82) is 0 Å². The molecule has 0 saturated carbocycles. The number of ether oxygens (including phenoxy) is 1. The molecule has 1 aromatic heterocycles. The molecule has 4 nitrogen and oxygen atoms in total. The van der Waals surface area contributed by atoms with Crippen LogP contribution in [-0.2, 0) is 0 Å². The van der Waals surface area contributed by atoms with Crippen molar-refractivity contribution in [2.24, 2.45) is 0 Å². The van der Waals surface area contributed by atoms with Crippen LogP contribution in [0.4, 0.5) is 5.82 Å². The summed E-state index contributed by atoms with van der Waals surface area (Å²) >= 11 is 3.48. The summed E-state index contributed by atoms with van der Waals surface area (Å²) < 4.78 is 6.26. The minimum absolute atomic E-state index is 0.149. The van der Waals surface area contributed by atoms with Gasteiger partial charge in [-0.15, -0.1) is 0 Å². The fourth-order valence-electron chi connectivity index (χ4n) is 1.85. The number of nitrogens with one attached hydrogen (secondary N) is 1.